The summed E-state index contributed by atoms with van der Waals surface area (Å²) in [5.74, 6) is 0.00516. The average Bonchev–Trinajstić information content (AvgIpc) is 3.22. The first-order chi connectivity index (χ1) is 13.8. The lowest BCUT2D eigenvalue weighted by Crippen LogP contribution is -2.41. The maximum absolute atomic E-state index is 13.3. The molecule has 0 bridgehead atoms. The van der Waals surface area contributed by atoms with Crippen LogP contribution in [0.3, 0.4) is 0 Å². The zero-order valence-electron chi connectivity index (χ0n) is 16.1. The van der Waals surface area contributed by atoms with E-state index in [-0.39, 0.29) is 29.9 Å². The van der Waals surface area contributed by atoms with E-state index in [0.29, 0.717) is 18.0 Å². The van der Waals surface area contributed by atoms with E-state index in [2.05, 4.69) is 0 Å². The second kappa shape index (κ2) is 7.84. The molecular formula is C22H22ClNO4S. The van der Waals surface area contributed by atoms with Crippen LogP contribution in [0, 0.1) is 6.92 Å². The Kier molecular flexibility index (Phi) is 5.40. The van der Waals surface area contributed by atoms with Crippen molar-refractivity contribution in [1.82, 2.24) is 4.90 Å². The lowest BCUT2D eigenvalue weighted by Gasteiger charge is -2.28. The fraction of sp³-hybridized carbons (Fsp3) is 0.318. The van der Waals surface area contributed by atoms with Gasteiger partial charge in [-0.15, -0.1) is 0 Å². The lowest BCUT2D eigenvalue weighted by atomic mass is 10.1. The highest BCUT2D eigenvalue weighted by atomic mass is 35.5. The van der Waals surface area contributed by atoms with Crippen molar-refractivity contribution in [2.24, 2.45) is 0 Å². The van der Waals surface area contributed by atoms with Gasteiger partial charge in [-0.3, -0.25) is 4.79 Å². The largest absolute Gasteiger partial charge is 0.464 e. The zero-order chi connectivity index (χ0) is 20.6. The van der Waals surface area contributed by atoms with Gasteiger partial charge in [0.05, 0.1) is 24.2 Å². The molecule has 0 aliphatic carbocycles. The summed E-state index contributed by atoms with van der Waals surface area (Å²) in [6, 6.07) is 12.9. The number of rotatable bonds is 5. The number of aryl methyl sites for hydroxylation is 1. The van der Waals surface area contributed by atoms with Crippen LogP contribution in [0.25, 0.3) is 11.0 Å². The summed E-state index contributed by atoms with van der Waals surface area (Å²) < 4.78 is 29.7. The summed E-state index contributed by atoms with van der Waals surface area (Å²) >= 11 is 6.09. The smallest absolute Gasteiger partial charge is 0.227 e. The van der Waals surface area contributed by atoms with Gasteiger partial charge < -0.3 is 9.32 Å². The molecule has 1 fully saturated rings. The fourth-order valence-electron chi connectivity index (χ4n) is 3.87. The highest BCUT2D eigenvalue weighted by Gasteiger charge is 2.34. The molecular weight excluding hydrogens is 410 g/mol. The Morgan fingerprint density at radius 1 is 1.24 bits per heavy atom. The number of sulfone groups is 1. The van der Waals surface area contributed by atoms with Gasteiger partial charge in [-0.25, -0.2) is 8.42 Å². The predicted octanol–water partition coefficient (Wildman–Crippen LogP) is 4.15. The van der Waals surface area contributed by atoms with Crippen LogP contribution in [0.5, 0.6) is 0 Å². The molecule has 1 aliphatic heterocycles. The summed E-state index contributed by atoms with van der Waals surface area (Å²) in [5.41, 5.74) is 3.52. The van der Waals surface area contributed by atoms with E-state index >= 15 is 0 Å². The van der Waals surface area contributed by atoms with Crippen LogP contribution in [-0.2, 0) is 27.6 Å². The third-order valence-electron chi connectivity index (χ3n) is 5.36. The van der Waals surface area contributed by atoms with Crippen LogP contribution in [0.2, 0.25) is 5.02 Å². The molecule has 3 aromatic rings. The minimum absolute atomic E-state index is 0.00460. The number of carbonyl (C=O) groups excluding carboxylic acids is 1. The van der Waals surface area contributed by atoms with Crippen LogP contribution in [0.4, 0.5) is 0 Å². The van der Waals surface area contributed by atoms with E-state index in [9.17, 15) is 13.2 Å². The van der Waals surface area contributed by atoms with Crippen LogP contribution in [0.15, 0.2) is 53.1 Å². The van der Waals surface area contributed by atoms with Gasteiger partial charge in [0.1, 0.15) is 5.58 Å². The van der Waals surface area contributed by atoms with E-state index in [4.69, 9.17) is 16.0 Å². The molecule has 1 amide bonds. The Morgan fingerprint density at radius 3 is 2.79 bits per heavy atom. The number of furan rings is 1. The van der Waals surface area contributed by atoms with E-state index in [1.807, 2.05) is 37.3 Å². The average molecular weight is 432 g/mol. The molecule has 152 valence electrons. The molecule has 1 aromatic heterocycles. The van der Waals surface area contributed by atoms with Gasteiger partial charge in [-0.05, 0) is 42.7 Å². The summed E-state index contributed by atoms with van der Waals surface area (Å²) in [6.45, 7) is 2.31. The summed E-state index contributed by atoms with van der Waals surface area (Å²) in [5, 5.41) is 1.50. The number of amides is 1. The van der Waals surface area contributed by atoms with Gasteiger partial charge in [0, 0.05) is 28.6 Å². The summed E-state index contributed by atoms with van der Waals surface area (Å²) in [6.07, 6.45) is 2.23. The first kappa shape index (κ1) is 20.0. The van der Waals surface area contributed by atoms with Crippen molar-refractivity contribution in [1.29, 1.82) is 0 Å². The van der Waals surface area contributed by atoms with Gasteiger partial charge >= 0.3 is 0 Å². The van der Waals surface area contributed by atoms with Crippen LogP contribution >= 0.6 is 11.6 Å². The molecule has 0 radical (unpaired) electrons. The van der Waals surface area contributed by atoms with Gasteiger partial charge in [0.25, 0.3) is 0 Å². The molecule has 0 spiro atoms. The summed E-state index contributed by atoms with van der Waals surface area (Å²) in [7, 11) is -3.11. The predicted molar refractivity (Wildman–Crippen MR) is 114 cm³/mol. The molecule has 0 unspecified atom stereocenters. The van der Waals surface area contributed by atoms with E-state index in [0.717, 1.165) is 27.7 Å². The van der Waals surface area contributed by atoms with Crippen molar-refractivity contribution in [3.8, 4) is 0 Å². The molecule has 4 rings (SSSR count). The number of hydrogen-bond donors (Lipinski definition) is 0. The number of hydrogen-bond acceptors (Lipinski definition) is 4. The first-order valence-electron chi connectivity index (χ1n) is 9.52. The maximum atomic E-state index is 13.3. The van der Waals surface area contributed by atoms with Crippen molar-refractivity contribution < 1.29 is 17.6 Å². The van der Waals surface area contributed by atoms with Crippen molar-refractivity contribution in [3.63, 3.8) is 0 Å². The fourth-order valence-corrected chi connectivity index (χ4v) is 5.81. The molecule has 0 saturated carbocycles. The third-order valence-corrected chi connectivity index (χ3v) is 7.35. The number of benzene rings is 2. The Balaban J connectivity index is 1.61. The van der Waals surface area contributed by atoms with Gasteiger partial charge in [0.2, 0.25) is 5.91 Å². The van der Waals surface area contributed by atoms with Gasteiger partial charge in [-0.1, -0.05) is 35.9 Å². The second-order valence-corrected chi connectivity index (χ2v) is 10.3. The highest BCUT2D eigenvalue weighted by molar-refractivity contribution is 7.91. The molecule has 5 nitrogen and oxygen atoms in total. The second-order valence-electron chi connectivity index (χ2n) is 7.65. The Morgan fingerprint density at radius 2 is 2.07 bits per heavy atom. The SMILES string of the molecule is Cc1ccc2c(CC(=O)N(Cc3cccc(Cl)c3)[C@H]3CCS(=O)(=O)C3)coc2c1. The minimum atomic E-state index is -3.11. The standard InChI is InChI=1S/C22H22ClNO4S/c1-15-5-6-20-17(13-28-21(20)9-15)11-22(25)24(19-7-8-29(26,27)14-19)12-16-3-2-4-18(23)10-16/h2-6,9-10,13,19H,7-8,11-12,14H2,1H3/t19-/m0/s1. The molecule has 2 aromatic carbocycles. The van der Waals surface area contributed by atoms with Gasteiger partial charge in [0.15, 0.2) is 9.84 Å². The Labute approximate surface area is 175 Å². The van der Waals surface area contributed by atoms with Crippen molar-refractivity contribution in [2.45, 2.75) is 32.4 Å². The van der Waals surface area contributed by atoms with Gasteiger partial charge in [-0.2, -0.15) is 0 Å². The van der Waals surface area contributed by atoms with Crippen LogP contribution < -0.4 is 0 Å². The van der Waals surface area contributed by atoms with Crippen molar-refractivity contribution >= 4 is 38.3 Å². The first-order valence-corrected chi connectivity index (χ1v) is 11.7. The minimum Gasteiger partial charge on any atom is -0.464 e. The quantitative estimate of drug-likeness (QED) is 0.608. The molecule has 1 atom stereocenters. The van der Waals surface area contributed by atoms with Crippen LogP contribution in [0.1, 0.15) is 23.1 Å². The zero-order valence-corrected chi connectivity index (χ0v) is 17.7. The monoisotopic (exact) mass is 431 g/mol. The summed E-state index contributed by atoms with van der Waals surface area (Å²) in [4.78, 5) is 14.9. The van der Waals surface area contributed by atoms with E-state index in [1.54, 1.807) is 23.3 Å². The Bertz CT molecular complexity index is 1170. The third kappa shape index (κ3) is 4.49. The molecule has 1 aliphatic rings. The highest BCUT2D eigenvalue weighted by Crippen LogP contribution is 2.26. The molecule has 29 heavy (non-hydrogen) atoms. The van der Waals surface area contributed by atoms with Crippen LogP contribution in [-0.4, -0.2) is 36.8 Å². The number of carbonyl (C=O) groups is 1. The topological polar surface area (TPSA) is 67.6 Å². The molecule has 7 heteroatoms. The molecule has 1 saturated heterocycles. The van der Waals surface area contributed by atoms with Crippen molar-refractivity contribution in [2.75, 3.05) is 11.5 Å². The lowest BCUT2D eigenvalue weighted by molar-refractivity contribution is -0.133. The normalized spacial score (nSPS) is 18.2. The van der Waals surface area contributed by atoms with Crippen molar-refractivity contribution in [3.05, 3.63) is 70.4 Å². The molecule has 0 N–H and O–H groups in total. The number of fused-ring (bicyclic) bond motifs is 1. The Hall–Kier alpha value is -2.31. The number of nitrogens with zero attached hydrogens (tertiary/aromatic N) is 1. The number of halogens is 1. The van der Waals surface area contributed by atoms with E-state index in [1.165, 1.54) is 0 Å². The maximum Gasteiger partial charge on any atom is 0.227 e. The van der Waals surface area contributed by atoms with E-state index < -0.39 is 9.84 Å². The molecule has 2 heterocycles.